The van der Waals surface area contributed by atoms with Crippen molar-refractivity contribution in [3.63, 3.8) is 0 Å². The molecule has 2 aromatic carbocycles. The monoisotopic (exact) mass is 636 g/mol. The van der Waals surface area contributed by atoms with Gasteiger partial charge in [-0.05, 0) is 47.8 Å². The van der Waals surface area contributed by atoms with E-state index in [-0.39, 0.29) is 11.0 Å². The molecule has 0 saturated heterocycles. The minimum Gasteiger partial charge on any atom is -0.311 e. The van der Waals surface area contributed by atoms with Crippen molar-refractivity contribution < 1.29 is 66.3 Å². The van der Waals surface area contributed by atoms with Crippen LogP contribution in [0.4, 0.5) is 61.5 Å². The SMILES string of the molecule is O=C(Cn1c(SC(F)(F)C(F)(F)C(F)(F)F)nc2ccccc21)c1ccc(SC(F)(F)C(F)(F)C(F)(F)F)cc1. The molecule has 0 saturated carbocycles. The number of carbonyl (C=O) groups is 1. The van der Waals surface area contributed by atoms with Gasteiger partial charge in [0, 0.05) is 10.5 Å². The van der Waals surface area contributed by atoms with Crippen LogP contribution in [0, 0.1) is 0 Å². The third-order valence-electron chi connectivity index (χ3n) is 5.01. The number of halogens is 14. The predicted molar refractivity (Wildman–Crippen MR) is 114 cm³/mol. The number of hydrogen-bond donors (Lipinski definition) is 0. The Morgan fingerprint density at radius 1 is 0.675 bits per heavy atom. The number of ketones is 1. The maximum Gasteiger partial charge on any atom is 0.460 e. The van der Waals surface area contributed by atoms with E-state index in [2.05, 4.69) is 4.98 Å². The van der Waals surface area contributed by atoms with E-state index in [0.29, 0.717) is 28.8 Å². The molecule has 1 heterocycles. The molecule has 0 atom stereocenters. The first-order valence-electron chi connectivity index (χ1n) is 10.1. The number of fused-ring (bicyclic) bond motifs is 1. The van der Waals surface area contributed by atoms with Crippen LogP contribution >= 0.6 is 23.5 Å². The van der Waals surface area contributed by atoms with E-state index in [9.17, 15) is 66.3 Å². The zero-order chi connectivity index (χ0) is 30.5. The highest BCUT2D eigenvalue weighted by Crippen LogP contribution is 2.55. The largest absolute Gasteiger partial charge is 0.460 e. The summed E-state index contributed by atoms with van der Waals surface area (Å²) >= 11 is -2.43. The molecule has 3 aromatic rings. The third-order valence-corrected chi connectivity index (χ3v) is 7.03. The summed E-state index contributed by atoms with van der Waals surface area (Å²) in [6, 6.07) is 7.54. The molecule has 0 amide bonds. The Balaban J connectivity index is 1.89. The van der Waals surface area contributed by atoms with Gasteiger partial charge in [0.1, 0.15) is 0 Å². The van der Waals surface area contributed by atoms with Gasteiger partial charge in [0.25, 0.3) is 0 Å². The van der Waals surface area contributed by atoms with Crippen LogP contribution in [0.3, 0.4) is 0 Å². The van der Waals surface area contributed by atoms with Crippen LogP contribution < -0.4 is 0 Å². The van der Waals surface area contributed by atoms with Crippen LogP contribution in [0.5, 0.6) is 0 Å². The van der Waals surface area contributed by atoms with Gasteiger partial charge in [-0.3, -0.25) is 4.79 Å². The molecule has 40 heavy (non-hydrogen) atoms. The number of carbonyl (C=O) groups excluding carboxylic acids is 1. The molecule has 0 aliphatic carbocycles. The lowest BCUT2D eigenvalue weighted by Gasteiger charge is -2.27. The van der Waals surface area contributed by atoms with Crippen molar-refractivity contribution in [2.75, 3.05) is 0 Å². The Bertz CT molecular complexity index is 1380. The molecule has 0 unspecified atom stereocenters. The average molecular weight is 636 g/mol. The molecule has 0 spiro atoms. The van der Waals surface area contributed by atoms with Gasteiger partial charge in [-0.25, -0.2) is 4.98 Å². The Kier molecular flexibility index (Phi) is 8.19. The van der Waals surface area contributed by atoms with Crippen LogP contribution in [0.15, 0.2) is 58.6 Å². The fourth-order valence-electron chi connectivity index (χ4n) is 2.95. The van der Waals surface area contributed by atoms with Gasteiger partial charge in [0.05, 0.1) is 17.6 Å². The number of rotatable bonds is 9. The number of hydrogen-bond acceptors (Lipinski definition) is 4. The smallest absolute Gasteiger partial charge is 0.311 e. The maximum absolute atomic E-state index is 14.1. The number of benzene rings is 2. The van der Waals surface area contributed by atoms with Gasteiger partial charge >= 0.3 is 34.7 Å². The van der Waals surface area contributed by atoms with Crippen LogP contribution in [0.2, 0.25) is 0 Å². The summed E-state index contributed by atoms with van der Waals surface area (Å²) in [4.78, 5) is 15.5. The average Bonchev–Trinajstić information content (AvgIpc) is 3.13. The molecule has 220 valence electrons. The molecule has 1 aromatic heterocycles. The number of thioether (sulfide) groups is 2. The Morgan fingerprint density at radius 2 is 1.15 bits per heavy atom. The summed E-state index contributed by atoms with van der Waals surface area (Å²) in [5.41, 5.74) is -0.759. The van der Waals surface area contributed by atoms with Crippen molar-refractivity contribution >= 4 is 40.3 Å². The molecular weight excluding hydrogens is 626 g/mol. The minimum absolute atomic E-state index is 0.148. The van der Waals surface area contributed by atoms with Gasteiger partial charge in [0.15, 0.2) is 10.9 Å². The van der Waals surface area contributed by atoms with Gasteiger partial charge in [-0.15, -0.1) is 0 Å². The van der Waals surface area contributed by atoms with Crippen molar-refractivity contribution in [1.82, 2.24) is 9.55 Å². The summed E-state index contributed by atoms with van der Waals surface area (Å²) < 4.78 is 184. The lowest BCUT2D eigenvalue weighted by Crippen LogP contribution is -2.50. The van der Waals surface area contributed by atoms with E-state index in [4.69, 9.17) is 0 Å². The number of para-hydroxylation sites is 2. The van der Waals surface area contributed by atoms with Gasteiger partial charge in [-0.2, -0.15) is 61.5 Å². The van der Waals surface area contributed by atoms with Crippen LogP contribution in [0.1, 0.15) is 10.4 Å². The Labute approximate surface area is 221 Å². The maximum atomic E-state index is 14.1. The summed E-state index contributed by atoms with van der Waals surface area (Å²) in [5.74, 6) is -14.0. The standard InChI is InChI=1S/C21H10F14N2OS2/c22-16(23,18(26,27)28)20(32,33)39-11-7-5-10(6-8-11)14(38)9-37-13-4-2-1-3-12(13)36-15(37)40-21(34,35)17(24,25)19(29,30)31/h1-8H,9H2. The Morgan fingerprint density at radius 3 is 1.65 bits per heavy atom. The minimum atomic E-state index is -6.64. The number of alkyl halides is 14. The highest BCUT2D eigenvalue weighted by atomic mass is 32.2. The van der Waals surface area contributed by atoms with Gasteiger partial charge in [0.2, 0.25) is 0 Å². The van der Waals surface area contributed by atoms with E-state index in [1.807, 2.05) is 0 Å². The molecule has 0 N–H and O–H groups in total. The fourth-order valence-corrected chi connectivity index (χ4v) is 4.65. The van der Waals surface area contributed by atoms with E-state index < -0.39 is 86.2 Å². The molecule has 3 rings (SSSR count). The van der Waals surface area contributed by atoms with Crippen LogP contribution in [-0.2, 0) is 6.54 Å². The van der Waals surface area contributed by atoms with Gasteiger partial charge in [-0.1, -0.05) is 24.3 Å². The number of aromatic nitrogens is 2. The van der Waals surface area contributed by atoms with E-state index >= 15 is 0 Å². The first-order chi connectivity index (χ1) is 18.0. The van der Waals surface area contributed by atoms with Crippen molar-refractivity contribution in [1.29, 1.82) is 0 Å². The molecule has 0 aliphatic heterocycles. The first-order valence-corrected chi connectivity index (χ1v) is 11.8. The Hall–Kier alpha value is -2.70. The summed E-state index contributed by atoms with van der Waals surface area (Å²) in [6.45, 7) is -1.01. The van der Waals surface area contributed by atoms with E-state index in [1.165, 1.54) is 24.3 Å². The van der Waals surface area contributed by atoms with E-state index in [0.717, 1.165) is 0 Å². The van der Waals surface area contributed by atoms with Crippen molar-refractivity contribution in [3.8, 4) is 0 Å². The molecule has 0 bridgehead atoms. The highest BCUT2D eigenvalue weighted by Gasteiger charge is 2.74. The second-order valence-electron chi connectivity index (χ2n) is 7.80. The zero-order valence-electron chi connectivity index (χ0n) is 18.7. The predicted octanol–water partition coefficient (Wildman–Crippen LogP) is 8.68. The van der Waals surface area contributed by atoms with Crippen molar-refractivity contribution in [2.24, 2.45) is 0 Å². The highest BCUT2D eigenvalue weighted by molar-refractivity contribution is 8.00. The number of imidazole rings is 1. The topological polar surface area (TPSA) is 34.9 Å². The second kappa shape index (κ2) is 10.3. The quantitative estimate of drug-likeness (QED) is 0.134. The van der Waals surface area contributed by atoms with E-state index in [1.54, 1.807) is 0 Å². The lowest BCUT2D eigenvalue weighted by molar-refractivity contribution is -0.330. The molecule has 19 heteroatoms. The van der Waals surface area contributed by atoms with Crippen LogP contribution in [-0.4, -0.2) is 50.0 Å². The molecule has 3 nitrogen and oxygen atoms in total. The lowest BCUT2D eigenvalue weighted by atomic mass is 10.1. The molecular formula is C21H10F14N2OS2. The molecule has 0 aliphatic rings. The second-order valence-corrected chi connectivity index (χ2v) is 10.1. The fraction of sp³-hybridized carbons (Fsp3) is 0.333. The van der Waals surface area contributed by atoms with Crippen molar-refractivity contribution in [2.45, 2.75) is 51.3 Å². The van der Waals surface area contributed by atoms with Crippen molar-refractivity contribution in [3.05, 3.63) is 54.1 Å². The first kappa shape index (κ1) is 31.8. The molecule has 0 radical (unpaired) electrons. The van der Waals surface area contributed by atoms with Gasteiger partial charge < -0.3 is 4.57 Å². The van der Waals surface area contributed by atoms with Crippen LogP contribution in [0.25, 0.3) is 11.0 Å². The summed E-state index contributed by atoms with van der Waals surface area (Å²) in [6.07, 6.45) is -13.2. The molecule has 0 fully saturated rings. The number of Topliss-reactive ketones (excluding diaryl/α,β-unsaturated/α-hetero) is 1. The summed E-state index contributed by atoms with van der Waals surface area (Å²) in [7, 11) is 0. The third kappa shape index (κ3) is 5.84. The zero-order valence-corrected chi connectivity index (χ0v) is 20.4. The normalized spacial score (nSPS) is 14.2. The number of nitrogens with zero attached hydrogens (tertiary/aromatic N) is 2. The summed E-state index contributed by atoms with van der Waals surface area (Å²) in [5, 5.41) is -12.6.